The molecule has 0 amide bonds. The SMILES string of the molecule is COC(=O)CC1CC2(OC)C(=O)c3cccc(O)c3C(=O)C2(O)C(C)O1. The highest BCUT2D eigenvalue weighted by Gasteiger charge is 2.70. The Kier molecular flexibility index (Phi) is 4.38. The van der Waals surface area contributed by atoms with Gasteiger partial charge in [-0.2, -0.15) is 0 Å². The molecule has 1 aromatic rings. The van der Waals surface area contributed by atoms with Crippen LogP contribution < -0.4 is 0 Å². The van der Waals surface area contributed by atoms with E-state index in [0.717, 1.165) is 0 Å². The van der Waals surface area contributed by atoms with Gasteiger partial charge in [-0.25, -0.2) is 0 Å². The van der Waals surface area contributed by atoms with Gasteiger partial charge in [0.2, 0.25) is 5.78 Å². The van der Waals surface area contributed by atoms with Crippen molar-refractivity contribution in [2.75, 3.05) is 14.2 Å². The van der Waals surface area contributed by atoms with E-state index < -0.39 is 46.7 Å². The van der Waals surface area contributed by atoms with Gasteiger partial charge in [0.15, 0.2) is 17.0 Å². The molecule has 2 N–H and O–H groups in total. The highest BCUT2D eigenvalue weighted by atomic mass is 16.6. The number of carbonyl (C=O) groups is 3. The lowest BCUT2D eigenvalue weighted by molar-refractivity contribution is -0.236. The van der Waals surface area contributed by atoms with Gasteiger partial charge < -0.3 is 24.4 Å². The Balaban J connectivity index is 2.17. The summed E-state index contributed by atoms with van der Waals surface area (Å²) in [6, 6.07) is 4.09. The molecule has 0 spiro atoms. The highest BCUT2D eigenvalue weighted by Crippen LogP contribution is 2.49. The third-order valence-electron chi connectivity index (χ3n) is 5.31. The fourth-order valence-corrected chi connectivity index (χ4v) is 3.97. The molecule has 1 aliphatic carbocycles. The number of rotatable bonds is 3. The lowest BCUT2D eigenvalue weighted by atomic mass is 9.61. The molecule has 1 saturated heterocycles. The van der Waals surface area contributed by atoms with Gasteiger partial charge in [0, 0.05) is 19.1 Å². The third-order valence-corrected chi connectivity index (χ3v) is 5.31. The Hall–Kier alpha value is -2.29. The normalized spacial score (nSPS) is 33.4. The first-order valence-electron chi connectivity index (χ1n) is 8.14. The number of hydrogen-bond acceptors (Lipinski definition) is 8. The van der Waals surface area contributed by atoms with E-state index >= 15 is 0 Å². The van der Waals surface area contributed by atoms with Gasteiger partial charge >= 0.3 is 5.97 Å². The number of methoxy groups -OCH3 is 2. The molecular weight excluding hydrogens is 344 g/mol. The number of carbonyl (C=O) groups excluding carboxylic acids is 3. The van der Waals surface area contributed by atoms with Crippen LogP contribution in [0.5, 0.6) is 5.75 Å². The molecule has 0 aromatic heterocycles. The van der Waals surface area contributed by atoms with Gasteiger partial charge in [-0.1, -0.05) is 12.1 Å². The standard InChI is InChI=1S/C18H20O8/c1-9-18(23)16(22)14-11(5-4-6-12(14)19)15(21)17(18,25-3)8-10(26-9)7-13(20)24-2/h4-6,9-10,19,23H,7-8H2,1-3H3. The van der Waals surface area contributed by atoms with E-state index in [4.69, 9.17) is 9.47 Å². The summed E-state index contributed by atoms with van der Waals surface area (Å²) in [4.78, 5) is 37.9. The lowest BCUT2D eigenvalue weighted by Crippen LogP contribution is -2.75. The molecule has 1 fully saturated rings. The second kappa shape index (κ2) is 6.15. The second-order valence-corrected chi connectivity index (χ2v) is 6.54. The lowest BCUT2D eigenvalue weighted by Gasteiger charge is -2.54. The molecule has 4 unspecified atom stereocenters. The number of ketones is 2. The number of hydrogen-bond donors (Lipinski definition) is 2. The smallest absolute Gasteiger partial charge is 0.308 e. The van der Waals surface area contributed by atoms with Crippen molar-refractivity contribution in [2.24, 2.45) is 0 Å². The molecule has 140 valence electrons. The zero-order valence-electron chi connectivity index (χ0n) is 14.6. The van der Waals surface area contributed by atoms with Crippen LogP contribution in [-0.4, -0.2) is 65.4 Å². The predicted octanol–water partition coefficient (Wildman–Crippen LogP) is 0.628. The molecule has 0 radical (unpaired) electrons. The second-order valence-electron chi connectivity index (χ2n) is 6.54. The zero-order valence-corrected chi connectivity index (χ0v) is 14.6. The van der Waals surface area contributed by atoms with Crippen molar-refractivity contribution in [3.05, 3.63) is 29.3 Å². The Bertz CT molecular complexity index is 787. The van der Waals surface area contributed by atoms with Crippen molar-refractivity contribution in [1.29, 1.82) is 0 Å². The van der Waals surface area contributed by atoms with Gasteiger partial charge in [0.25, 0.3) is 0 Å². The van der Waals surface area contributed by atoms with Crippen molar-refractivity contribution in [2.45, 2.75) is 43.2 Å². The topological polar surface area (TPSA) is 119 Å². The maximum absolute atomic E-state index is 13.2. The summed E-state index contributed by atoms with van der Waals surface area (Å²) in [6.45, 7) is 1.42. The average Bonchev–Trinajstić information content (AvgIpc) is 2.62. The number of phenols is 1. The molecule has 3 rings (SSSR count). The van der Waals surface area contributed by atoms with Gasteiger partial charge in [-0.15, -0.1) is 0 Å². The van der Waals surface area contributed by atoms with Crippen LogP contribution in [0.1, 0.15) is 40.5 Å². The van der Waals surface area contributed by atoms with E-state index in [1.165, 1.54) is 39.3 Å². The Morgan fingerprint density at radius 1 is 1.31 bits per heavy atom. The number of fused-ring (bicyclic) bond motifs is 2. The quantitative estimate of drug-likeness (QED) is 0.750. The van der Waals surface area contributed by atoms with E-state index in [9.17, 15) is 24.6 Å². The summed E-state index contributed by atoms with van der Waals surface area (Å²) in [5, 5.41) is 21.3. The molecule has 0 bridgehead atoms. The van der Waals surface area contributed by atoms with E-state index in [2.05, 4.69) is 4.74 Å². The number of esters is 1. The van der Waals surface area contributed by atoms with Crippen molar-refractivity contribution >= 4 is 17.5 Å². The molecular formula is C18H20O8. The first-order chi connectivity index (χ1) is 12.2. The average molecular weight is 364 g/mol. The molecule has 8 heteroatoms. The molecule has 1 aliphatic heterocycles. The first kappa shape index (κ1) is 18.5. The van der Waals surface area contributed by atoms with Gasteiger partial charge in [0.1, 0.15) is 5.75 Å². The summed E-state index contributed by atoms with van der Waals surface area (Å²) < 4.78 is 15.7. The van der Waals surface area contributed by atoms with Crippen LogP contribution in [0.2, 0.25) is 0 Å². The zero-order chi connectivity index (χ0) is 19.3. The molecule has 2 aliphatic rings. The van der Waals surface area contributed by atoms with Crippen molar-refractivity contribution in [3.8, 4) is 5.75 Å². The summed E-state index contributed by atoms with van der Waals surface area (Å²) in [5.41, 5.74) is -4.56. The molecule has 1 aromatic carbocycles. The van der Waals surface area contributed by atoms with Crippen LogP contribution in [0.25, 0.3) is 0 Å². The van der Waals surface area contributed by atoms with Crippen LogP contribution in [-0.2, 0) is 19.0 Å². The van der Waals surface area contributed by atoms with Crippen molar-refractivity contribution in [1.82, 2.24) is 0 Å². The third kappa shape index (κ3) is 2.22. The van der Waals surface area contributed by atoms with E-state index in [1.54, 1.807) is 0 Å². The Labute approximate surface area is 149 Å². The fraction of sp³-hybridized carbons (Fsp3) is 0.500. The summed E-state index contributed by atoms with van der Waals surface area (Å²) in [6.07, 6.45) is -2.31. The minimum Gasteiger partial charge on any atom is -0.507 e. The molecule has 1 heterocycles. The van der Waals surface area contributed by atoms with Gasteiger partial charge in [-0.3, -0.25) is 14.4 Å². The summed E-state index contributed by atoms with van der Waals surface area (Å²) in [5.74, 6) is -2.44. The van der Waals surface area contributed by atoms with Crippen LogP contribution in [0.4, 0.5) is 0 Å². The van der Waals surface area contributed by atoms with Crippen LogP contribution in [0.15, 0.2) is 18.2 Å². The predicted molar refractivity (Wildman–Crippen MR) is 87.0 cm³/mol. The van der Waals surface area contributed by atoms with Crippen molar-refractivity contribution < 1.29 is 38.8 Å². The Morgan fingerprint density at radius 2 is 2.00 bits per heavy atom. The highest BCUT2D eigenvalue weighted by molar-refractivity contribution is 6.23. The minimum absolute atomic E-state index is 0.0348. The Morgan fingerprint density at radius 3 is 2.62 bits per heavy atom. The van der Waals surface area contributed by atoms with E-state index in [-0.39, 0.29) is 24.0 Å². The molecule has 4 atom stereocenters. The summed E-state index contributed by atoms with van der Waals surface area (Å²) >= 11 is 0. The van der Waals surface area contributed by atoms with E-state index in [1.807, 2.05) is 0 Å². The van der Waals surface area contributed by atoms with Crippen LogP contribution >= 0.6 is 0 Å². The maximum atomic E-state index is 13.2. The largest absolute Gasteiger partial charge is 0.507 e. The molecule has 26 heavy (non-hydrogen) atoms. The van der Waals surface area contributed by atoms with Crippen LogP contribution in [0.3, 0.4) is 0 Å². The van der Waals surface area contributed by atoms with Gasteiger partial charge in [0.05, 0.1) is 31.3 Å². The van der Waals surface area contributed by atoms with E-state index in [0.29, 0.717) is 0 Å². The maximum Gasteiger partial charge on any atom is 0.308 e. The number of Topliss-reactive ketones (excluding diaryl/α,β-unsaturated/α-hetero) is 2. The van der Waals surface area contributed by atoms with Gasteiger partial charge in [-0.05, 0) is 13.0 Å². The molecule has 8 nitrogen and oxygen atoms in total. The molecule has 0 saturated carbocycles. The first-order valence-corrected chi connectivity index (χ1v) is 8.14. The summed E-state index contributed by atoms with van der Waals surface area (Å²) in [7, 11) is 2.45. The number of benzene rings is 1. The number of aliphatic hydroxyl groups is 1. The van der Waals surface area contributed by atoms with Crippen molar-refractivity contribution in [3.63, 3.8) is 0 Å². The number of phenolic OH excluding ortho intramolecular Hbond substituents is 1. The minimum atomic E-state index is -2.34. The number of aromatic hydroxyl groups is 1. The monoisotopic (exact) mass is 364 g/mol. The van der Waals surface area contributed by atoms with Crippen LogP contribution in [0, 0.1) is 0 Å². The fourth-order valence-electron chi connectivity index (χ4n) is 3.97. The number of ether oxygens (including phenoxy) is 3.